The highest BCUT2D eigenvalue weighted by atomic mass is 15.1. The van der Waals surface area contributed by atoms with Gasteiger partial charge in [0, 0.05) is 27.9 Å². The van der Waals surface area contributed by atoms with Crippen LogP contribution < -0.4 is 4.90 Å². The maximum Gasteiger partial charge on any atom is 0.108 e. The Kier molecular flexibility index (Phi) is 7.68. The van der Waals surface area contributed by atoms with Crippen LogP contribution >= 0.6 is 0 Å². The van der Waals surface area contributed by atoms with Crippen molar-refractivity contribution in [3.8, 4) is 45.2 Å². The monoisotopic (exact) mass is 701 g/mol. The molecule has 1 nitrogen and oxygen atoms in total. The van der Waals surface area contributed by atoms with Gasteiger partial charge in [0.15, 0.2) is 0 Å². The minimum atomic E-state index is -0.677. The predicted molar refractivity (Wildman–Crippen MR) is 229 cm³/mol. The molecular formula is C54H39N. The van der Waals surface area contributed by atoms with Crippen LogP contribution in [-0.4, -0.2) is 0 Å². The van der Waals surface area contributed by atoms with Crippen molar-refractivity contribution in [3.05, 3.63) is 234 Å². The lowest BCUT2D eigenvalue weighted by Crippen LogP contribution is -2.25. The van der Waals surface area contributed by atoms with Crippen LogP contribution in [-0.2, 0) is 10.8 Å². The molecule has 0 heterocycles. The molecule has 8 aromatic carbocycles. The third-order valence-electron chi connectivity index (χ3n) is 11.7. The fraction of sp³-hybridized carbons (Fsp3) is 0.0741. The number of anilines is 3. The molecule has 1 unspecified atom stereocenters. The second-order valence-corrected chi connectivity index (χ2v) is 15.1. The Labute approximate surface area is 324 Å². The van der Waals surface area contributed by atoms with E-state index in [2.05, 4.69) is 225 Å². The smallest absolute Gasteiger partial charge is 0.108 e. The first-order valence-electron chi connectivity index (χ1n) is 19.1. The zero-order valence-corrected chi connectivity index (χ0v) is 31.0. The summed E-state index contributed by atoms with van der Waals surface area (Å²) < 4.78 is 0. The summed E-state index contributed by atoms with van der Waals surface area (Å²) in [5.74, 6) is 7.52. The van der Waals surface area contributed by atoms with Crippen LogP contribution in [0, 0.1) is 11.8 Å². The van der Waals surface area contributed by atoms with Gasteiger partial charge in [-0.25, -0.2) is 0 Å². The second-order valence-electron chi connectivity index (χ2n) is 15.1. The maximum absolute atomic E-state index is 3.90. The Balaban J connectivity index is 1.23. The molecule has 0 amide bonds. The van der Waals surface area contributed by atoms with Crippen molar-refractivity contribution < 1.29 is 0 Å². The zero-order chi connectivity index (χ0) is 37.0. The summed E-state index contributed by atoms with van der Waals surface area (Å²) in [4.78, 5) is 2.47. The van der Waals surface area contributed by atoms with Gasteiger partial charge in [0.25, 0.3) is 0 Å². The van der Waals surface area contributed by atoms with Gasteiger partial charge < -0.3 is 4.90 Å². The highest BCUT2D eigenvalue weighted by molar-refractivity contribution is 5.98. The summed E-state index contributed by atoms with van der Waals surface area (Å²) in [6.45, 7) is 4.72. The van der Waals surface area contributed by atoms with E-state index in [0.717, 1.165) is 28.2 Å². The average Bonchev–Trinajstić information content (AvgIpc) is 3.67. The highest BCUT2D eigenvalue weighted by Crippen LogP contribution is 2.57. The third kappa shape index (κ3) is 5.18. The van der Waals surface area contributed by atoms with Gasteiger partial charge in [0.05, 0.1) is 5.69 Å². The lowest BCUT2D eigenvalue weighted by molar-refractivity contribution is 0.660. The zero-order valence-electron chi connectivity index (χ0n) is 31.0. The molecule has 2 aliphatic rings. The lowest BCUT2D eigenvalue weighted by Gasteiger charge is -2.31. The molecule has 0 fully saturated rings. The minimum Gasteiger partial charge on any atom is -0.310 e. The van der Waals surface area contributed by atoms with Gasteiger partial charge in [-0.1, -0.05) is 183 Å². The van der Waals surface area contributed by atoms with Crippen molar-refractivity contribution >= 4 is 17.1 Å². The SMILES string of the molecule is CC1(C)c2ccccc2-c2ccc(N(c3ccc(-c4ccccc4)cc3)c3cccc4c3-c3ccccc3C4(C#Cc3ccccc3)c3ccccc3)cc21. The molecule has 0 aromatic heterocycles. The summed E-state index contributed by atoms with van der Waals surface area (Å²) in [7, 11) is 0. The number of nitrogens with zero attached hydrogens (tertiary/aromatic N) is 1. The first-order valence-corrected chi connectivity index (χ1v) is 19.1. The molecule has 0 aliphatic heterocycles. The molecule has 0 radical (unpaired) electrons. The third-order valence-corrected chi connectivity index (χ3v) is 11.7. The van der Waals surface area contributed by atoms with Crippen molar-refractivity contribution in [2.75, 3.05) is 4.90 Å². The molecule has 260 valence electrons. The van der Waals surface area contributed by atoms with Crippen LogP contribution in [0.4, 0.5) is 17.1 Å². The first kappa shape index (κ1) is 32.7. The average molecular weight is 702 g/mol. The molecule has 0 N–H and O–H groups in total. The highest BCUT2D eigenvalue weighted by Gasteiger charge is 2.45. The second kappa shape index (κ2) is 12.9. The van der Waals surface area contributed by atoms with E-state index in [1.54, 1.807) is 0 Å². The molecule has 10 rings (SSSR count). The molecule has 8 aromatic rings. The Morgan fingerprint density at radius 1 is 0.418 bits per heavy atom. The van der Waals surface area contributed by atoms with Gasteiger partial charge in [-0.3, -0.25) is 0 Å². The number of hydrogen-bond donors (Lipinski definition) is 0. The lowest BCUT2D eigenvalue weighted by atomic mass is 9.73. The van der Waals surface area contributed by atoms with Gasteiger partial charge in [-0.15, -0.1) is 0 Å². The summed E-state index contributed by atoms with van der Waals surface area (Å²) in [5, 5.41) is 0. The minimum absolute atomic E-state index is 0.133. The largest absolute Gasteiger partial charge is 0.310 e. The molecule has 0 saturated carbocycles. The number of benzene rings is 8. The standard InChI is InChI=1S/C54H39N/c1-53(2)47-25-14-12-23-44(47)45-34-33-43(37-50(45)53)55(42-31-29-40(30-32-42)39-19-8-4-9-20-39)51-28-16-27-49-52(51)46-24-13-15-26-48(46)54(49,41-21-10-5-11-22-41)36-35-38-17-6-3-7-18-38/h3-34,37H,1-2H3. The van der Waals surface area contributed by atoms with E-state index >= 15 is 0 Å². The van der Waals surface area contributed by atoms with Gasteiger partial charge >= 0.3 is 0 Å². The summed E-state index contributed by atoms with van der Waals surface area (Å²) in [6.07, 6.45) is 0. The quantitative estimate of drug-likeness (QED) is 0.162. The Hall–Kier alpha value is -6.88. The van der Waals surface area contributed by atoms with E-state index in [0.29, 0.717) is 0 Å². The van der Waals surface area contributed by atoms with Gasteiger partial charge in [0.2, 0.25) is 0 Å². The van der Waals surface area contributed by atoms with E-state index in [4.69, 9.17) is 0 Å². The van der Waals surface area contributed by atoms with Crippen molar-refractivity contribution in [2.45, 2.75) is 24.7 Å². The van der Waals surface area contributed by atoms with Crippen LogP contribution in [0.25, 0.3) is 33.4 Å². The predicted octanol–water partition coefficient (Wildman–Crippen LogP) is 13.5. The molecule has 0 saturated heterocycles. The fourth-order valence-electron chi connectivity index (χ4n) is 9.08. The Morgan fingerprint density at radius 3 is 1.73 bits per heavy atom. The summed E-state index contributed by atoms with van der Waals surface area (Å²) in [5.41, 5.74) is 17.3. The summed E-state index contributed by atoms with van der Waals surface area (Å²) >= 11 is 0. The topological polar surface area (TPSA) is 3.24 Å². The molecule has 55 heavy (non-hydrogen) atoms. The molecule has 0 bridgehead atoms. The van der Waals surface area contributed by atoms with Crippen LogP contribution in [0.15, 0.2) is 200 Å². The van der Waals surface area contributed by atoms with E-state index in [1.807, 2.05) is 6.07 Å². The van der Waals surface area contributed by atoms with Crippen molar-refractivity contribution in [3.63, 3.8) is 0 Å². The van der Waals surface area contributed by atoms with Gasteiger partial charge in [0.1, 0.15) is 5.41 Å². The first-order chi connectivity index (χ1) is 27.0. The van der Waals surface area contributed by atoms with Crippen LogP contribution in [0.5, 0.6) is 0 Å². The van der Waals surface area contributed by atoms with Gasteiger partial charge in [-0.05, 0) is 98.1 Å². The number of fused-ring (bicyclic) bond motifs is 6. The Morgan fingerprint density at radius 2 is 0.982 bits per heavy atom. The molecule has 1 atom stereocenters. The van der Waals surface area contributed by atoms with Crippen molar-refractivity contribution in [2.24, 2.45) is 0 Å². The van der Waals surface area contributed by atoms with E-state index in [-0.39, 0.29) is 5.41 Å². The maximum atomic E-state index is 3.90. The molecule has 2 aliphatic carbocycles. The van der Waals surface area contributed by atoms with Crippen molar-refractivity contribution in [1.82, 2.24) is 0 Å². The molecule has 0 spiro atoms. The van der Waals surface area contributed by atoms with Crippen molar-refractivity contribution in [1.29, 1.82) is 0 Å². The van der Waals surface area contributed by atoms with Gasteiger partial charge in [-0.2, -0.15) is 0 Å². The van der Waals surface area contributed by atoms with E-state index < -0.39 is 5.41 Å². The number of hydrogen-bond acceptors (Lipinski definition) is 1. The van der Waals surface area contributed by atoms with Crippen LogP contribution in [0.3, 0.4) is 0 Å². The van der Waals surface area contributed by atoms with E-state index in [9.17, 15) is 0 Å². The van der Waals surface area contributed by atoms with Crippen LogP contribution in [0.2, 0.25) is 0 Å². The number of rotatable bonds is 5. The Bertz CT molecular complexity index is 2770. The fourth-order valence-corrected chi connectivity index (χ4v) is 9.08. The normalized spacial score (nSPS) is 15.5. The summed E-state index contributed by atoms with van der Waals surface area (Å²) in [6, 6.07) is 72.5. The molecular weight excluding hydrogens is 663 g/mol. The van der Waals surface area contributed by atoms with E-state index in [1.165, 1.54) is 55.6 Å². The molecule has 1 heteroatoms. The van der Waals surface area contributed by atoms with Crippen LogP contribution in [0.1, 0.15) is 47.2 Å².